The summed E-state index contributed by atoms with van der Waals surface area (Å²) in [7, 11) is 0. The van der Waals surface area contributed by atoms with Gasteiger partial charge in [0, 0.05) is 16.7 Å². The lowest BCUT2D eigenvalue weighted by Gasteiger charge is -2.34. The molecule has 10 aromatic rings. The minimum absolute atomic E-state index is 0.520. The van der Waals surface area contributed by atoms with Gasteiger partial charge in [-0.05, 0) is 78.5 Å². The van der Waals surface area contributed by atoms with Gasteiger partial charge >= 0.3 is 0 Å². The van der Waals surface area contributed by atoms with Crippen LogP contribution in [0.3, 0.4) is 0 Å². The summed E-state index contributed by atoms with van der Waals surface area (Å²) in [6.07, 6.45) is 0. The van der Waals surface area contributed by atoms with Crippen LogP contribution >= 0.6 is 0 Å². The average molecular weight is 752 g/mol. The maximum atomic E-state index is 5.33. The highest BCUT2D eigenvalue weighted by Gasteiger charge is 2.46. The third kappa shape index (κ3) is 5.78. The van der Waals surface area contributed by atoms with Gasteiger partial charge in [-0.25, -0.2) is 15.0 Å². The van der Waals surface area contributed by atoms with Gasteiger partial charge in [0.15, 0.2) is 17.5 Å². The second kappa shape index (κ2) is 14.3. The lowest BCUT2D eigenvalue weighted by Crippen LogP contribution is -2.28. The molecule has 1 aromatic heterocycles. The van der Waals surface area contributed by atoms with Crippen molar-refractivity contribution < 1.29 is 0 Å². The minimum atomic E-state index is -0.520. The normalized spacial score (nSPS) is 12.5. The summed E-state index contributed by atoms with van der Waals surface area (Å²) < 4.78 is 0. The molecule has 0 spiro atoms. The predicted octanol–water partition coefficient (Wildman–Crippen LogP) is 13.7. The number of rotatable bonds is 7. The highest BCUT2D eigenvalue weighted by molar-refractivity contribution is 6.02. The molecule has 59 heavy (non-hydrogen) atoms. The molecule has 1 heterocycles. The van der Waals surface area contributed by atoms with Crippen LogP contribution in [0.4, 0.5) is 0 Å². The van der Waals surface area contributed by atoms with Gasteiger partial charge in [-0.3, -0.25) is 0 Å². The number of benzene rings is 9. The number of aromatic nitrogens is 3. The summed E-state index contributed by atoms with van der Waals surface area (Å²) in [6.45, 7) is 0. The van der Waals surface area contributed by atoms with Gasteiger partial charge in [0.2, 0.25) is 0 Å². The predicted molar refractivity (Wildman–Crippen MR) is 242 cm³/mol. The van der Waals surface area contributed by atoms with Crippen molar-refractivity contribution in [1.29, 1.82) is 0 Å². The topological polar surface area (TPSA) is 38.7 Å². The SMILES string of the molecule is c1ccc(-c2ccc(-c3nc(-c4ccccc4)nc(-c4cc5ccccc5cc4-c4cccc5c4-c4ccccc4C5(c4ccccc4)c4ccccc4)n3)cc2)cc1. The quantitative estimate of drug-likeness (QED) is 0.163. The van der Waals surface area contributed by atoms with E-state index in [9.17, 15) is 0 Å². The summed E-state index contributed by atoms with van der Waals surface area (Å²) in [4.78, 5) is 15.7. The molecule has 1 aliphatic rings. The number of hydrogen-bond acceptors (Lipinski definition) is 3. The van der Waals surface area contributed by atoms with Crippen molar-refractivity contribution in [2.75, 3.05) is 0 Å². The molecule has 0 saturated carbocycles. The lowest BCUT2D eigenvalue weighted by atomic mass is 9.67. The van der Waals surface area contributed by atoms with Crippen LogP contribution in [0, 0.1) is 0 Å². The summed E-state index contributed by atoms with van der Waals surface area (Å²) in [6, 6.07) is 80.1. The van der Waals surface area contributed by atoms with E-state index in [1.54, 1.807) is 0 Å². The van der Waals surface area contributed by atoms with Gasteiger partial charge in [0.1, 0.15) is 0 Å². The van der Waals surface area contributed by atoms with Crippen molar-refractivity contribution in [1.82, 2.24) is 15.0 Å². The van der Waals surface area contributed by atoms with Crippen molar-refractivity contribution in [3.05, 3.63) is 247 Å². The molecule has 3 heteroatoms. The number of fused-ring (bicyclic) bond motifs is 4. The molecule has 1 aliphatic carbocycles. The van der Waals surface area contributed by atoms with Gasteiger partial charge < -0.3 is 0 Å². The zero-order chi connectivity index (χ0) is 39.2. The Kier molecular flexibility index (Phi) is 8.37. The molecule has 0 atom stereocenters. The van der Waals surface area contributed by atoms with Crippen LogP contribution in [0.2, 0.25) is 0 Å². The van der Waals surface area contributed by atoms with Crippen molar-refractivity contribution in [2.24, 2.45) is 0 Å². The first-order valence-corrected chi connectivity index (χ1v) is 20.1. The Morgan fingerprint density at radius 2 is 0.695 bits per heavy atom. The third-order valence-electron chi connectivity index (χ3n) is 11.8. The zero-order valence-electron chi connectivity index (χ0n) is 32.2. The average Bonchev–Trinajstić information content (AvgIpc) is 3.63. The molecule has 0 radical (unpaired) electrons. The monoisotopic (exact) mass is 751 g/mol. The second-order valence-electron chi connectivity index (χ2n) is 15.1. The first-order chi connectivity index (χ1) is 29.3. The molecule has 9 aromatic carbocycles. The molecule has 0 N–H and O–H groups in total. The second-order valence-corrected chi connectivity index (χ2v) is 15.1. The maximum Gasteiger partial charge on any atom is 0.164 e. The van der Waals surface area contributed by atoms with Gasteiger partial charge in [0.05, 0.1) is 5.41 Å². The molecular weight excluding hydrogens is 715 g/mol. The van der Waals surface area contributed by atoms with Crippen LogP contribution in [-0.2, 0) is 5.41 Å². The molecular formula is C56H37N3. The molecule has 3 nitrogen and oxygen atoms in total. The van der Waals surface area contributed by atoms with Crippen molar-refractivity contribution >= 4 is 10.8 Å². The van der Waals surface area contributed by atoms with E-state index in [2.05, 4.69) is 200 Å². The van der Waals surface area contributed by atoms with Gasteiger partial charge in [0.25, 0.3) is 0 Å². The van der Waals surface area contributed by atoms with Gasteiger partial charge in [-0.1, -0.05) is 212 Å². The van der Waals surface area contributed by atoms with Crippen LogP contribution in [0.1, 0.15) is 22.3 Å². The highest BCUT2D eigenvalue weighted by atomic mass is 15.0. The van der Waals surface area contributed by atoms with E-state index in [1.165, 1.54) is 38.9 Å². The molecule has 0 unspecified atom stereocenters. The lowest BCUT2D eigenvalue weighted by molar-refractivity contribution is 0.768. The third-order valence-corrected chi connectivity index (χ3v) is 11.8. The molecule has 0 aliphatic heterocycles. The number of hydrogen-bond donors (Lipinski definition) is 0. The summed E-state index contributed by atoms with van der Waals surface area (Å²) >= 11 is 0. The number of nitrogens with zero attached hydrogens (tertiary/aromatic N) is 3. The largest absolute Gasteiger partial charge is 0.208 e. The minimum Gasteiger partial charge on any atom is -0.208 e. The van der Waals surface area contributed by atoms with Crippen LogP contribution in [-0.4, -0.2) is 15.0 Å². The Labute approximate surface area is 344 Å². The van der Waals surface area contributed by atoms with Crippen LogP contribution in [0.25, 0.3) is 78.3 Å². The molecule has 0 fully saturated rings. The summed E-state index contributed by atoms with van der Waals surface area (Å²) in [5.74, 6) is 1.89. The first-order valence-electron chi connectivity index (χ1n) is 20.1. The molecule has 0 bridgehead atoms. The van der Waals surface area contributed by atoms with Crippen molar-refractivity contribution in [3.63, 3.8) is 0 Å². The van der Waals surface area contributed by atoms with E-state index in [-0.39, 0.29) is 0 Å². The van der Waals surface area contributed by atoms with Crippen molar-refractivity contribution in [3.8, 4) is 67.5 Å². The molecule has 0 saturated heterocycles. The Balaban J connectivity index is 1.18. The highest BCUT2D eigenvalue weighted by Crippen LogP contribution is 2.58. The van der Waals surface area contributed by atoms with Crippen LogP contribution in [0.5, 0.6) is 0 Å². The van der Waals surface area contributed by atoms with Crippen LogP contribution < -0.4 is 0 Å². The van der Waals surface area contributed by atoms with E-state index in [0.29, 0.717) is 17.5 Å². The summed E-state index contributed by atoms with van der Waals surface area (Å²) in [5, 5.41) is 2.28. The molecule has 276 valence electrons. The Morgan fingerprint density at radius 1 is 0.271 bits per heavy atom. The standard InChI is InChI=1S/C56H37N3/c1-5-18-38(19-6-1)39-32-34-41(35-33-39)54-57-53(40-20-7-2-8-21-40)58-55(59-54)49-37-43-23-14-13-22-42(43)36-48(49)46-29-17-31-51-52(46)47-28-15-16-30-50(47)56(51,44-24-9-3-10-25-44)45-26-11-4-12-27-45/h1-37H. The Morgan fingerprint density at radius 3 is 1.32 bits per heavy atom. The van der Waals surface area contributed by atoms with E-state index < -0.39 is 5.41 Å². The van der Waals surface area contributed by atoms with E-state index in [0.717, 1.165) is 44.2 Å². The summed E-state index contributed by atoms with van der Waals surface area (Å²) in [5.41, 5.74) is 14.3. The van der Waals surface area contributed by atoms with Crippen molar-refractivity contribution in [2.45, 2.75) is 5.41 Å². The van der Waals surface area contributed by atoms with Gasteiger partial charge in [-0.2, -0.15) is 0 Å². The Hall–Kier alpha value is -7.75. The fourth-order valence-electron chi connectivity index (χ4n) is 9.15. The van der Waals surface area contributed by atoms with Crippen LogP contribution in [0.15, 0.2) is 224 Å². The molecule has 0 amide bonds. The van der Waals surface area contributed by atoms with E-state index >= 15 is 0 Å². The zero-order valence-corrected chi connectivity index (χ0v) is 32.2. The fourth-order valence-corrected chi connectivity index (χ4v) is 9.15. The Bertz CT molecular complexity index is 3080. The smallest absolute Gasteiger partial charge is 0.164 e. The molecule has 11 rings (SSSR count). The van der Waals surface area contributed by atoms with E-state index in [4.69, 9.17) is 15.0 Å². The van der Waals surface area contributed by atoms with E-state index in [1.807, 2.05) is 24.3 Å². The van der Waals surface area contributed by atoms with Gasteiger partial charge in [-0.15, -0.1) is 0 Å². The maximum absolute atomic E-state index is 5.33. The first kappa shape index (κ1) is 34.5. The fraction of sp³-hybridized carbons (Fsp3) is 0.0179.